The standard InChI is InChI=1S/C15H18N2O3S/c1-2-3-11-4-6-12(7-5-11)20-15-10-13(21(17,18)19)8-9-14(15)16/h4-10H,2-3,16H2,1H3,(H2,17,18,19). The van der Waals surface area contributed by atoms with Gasteiger partial charge in [0.05, 0.1) is 10.6 Å². The zero-order chi connectivity index (χ0) is 15.5. The molecular weight excluding hydrogens is 288 g/mol. The molecule has 0 unspecified atom stereocenters. The van der Waals surface area contributed by atoms with E-state index in [1.54, 1.807) is 0 Å². The van der Waals surface area contributed by atoms with Gasteiger partial charge in [0.1, 0.15) is 5.75 Å². The number of hydrogen-bond acceptors (Lipinski definition) is 4. The Morgan fingerprint density at radius 1 is 1.10 bits per heavy atom. The van der Waals surface area contributed by atoms with Gasteiger partial charge in [0.25, 0.3) is 0 Å². The molecule has 0 radical (unpaired) electrons. The largest absolute Gasteiger partial charge is 0.455 e. The van der Waals surface area contributed by atoms with Gasteiger partial charge in [-0.2, -0.15) is 0 Å². The first kappa shape index (κ1) is 15.3. The number of benzene rings is 2. The SMILES string of the molecule is CCCc1ccc(Oc2cc(S(N)(=O)=O)ccc2N)cc1. The van der Waals surface area contributed by atoms with Gasteiger partial charge in [-0.05, 0) is 36.2 Å². The maximum Gasteiger partial charge on any atom is 0.238 e. The summed E-state index contributed by atoms with van der Waals surface area (Å²) >= 11 is 0. The van der Waals surface area contributed by atoms with Crippen LogP contribution in [0.25, 0.3) is 0 Å². The maximum atomic E-state index is 11.3. The number of hydrogen-bond donors (Lipinski definition) is 2. The van der Waals surface area contributed by atoms with Gasteiger partial charge in [-0.15, -0.1) is 0 Å². The molecule has 0 amide bonds. The molecule has 0 saturated heterocycles. The van der Waals surface area contributed by atoms with E-state index in [4.69, 9.17) is 15.6 Å². The molecule has 0 bridgehead atoms. The smallest absolute Gasteiger partial charge is 0.238 e. The number of ether oxygens (including phenoxy) is 1. The summed E-state index contributed by atoms with van der Waals surface area (Å²) in [6.45, 7) is 2.11. The van der Waals surface area contributed by atoms with Crippen LogP contribution in [0.4, 0.5) is 5.69 Å². The van der Waals surface area contributed by atoms with Gasteiger partial charge in [-0.3, -0.25) is 0 Å². The molecule has 0 heterocycles. The lowest BCUT2D eigenvalue weighted by Gasteiger charge is -2.10. The molecule has 0 fully saturated rings. The molecule has 2 aromatic rings. The normalized spacial score (nSPS) is 11.3. The second-order valence-electron chi connectivity index (χ2n) is 4.74. The topological polar surface area (TPSA) is 95.4 Å². The summed E-state index contributed by atoms with van der Waals surface area (Å²) in [5.74, 6) is 0.859. The first-order chi connectivity index (χ1) is 9.90. The lowest BCUT2D eigenvalue weighted by molar-refractivity contribution is 0.483. The van der Waals surface area contributed by atoms with E-state index in [0.717, 1.165) is 12.8 Å². The summed E-state index contributed by atoms with van der Waals surface area (Å²) in [5.41, 5.74) is 7.36. The lowest BCUT2D eigenvalue weighted by Crippen LogP contribution is -2.12. The average Bonchev–Trinajstić information content (AvgIpc) is 2.42. The zero-order valence-electron chi connectivity index (χ0n) is 11.7. The lowest BCUT2D eigenvalue weighted by atomic mass is 10.1. The Balaban J connectivity index is 2.26. The minimum atomic E-state index is -3.78. The van der Waals surface area contributed by atoms with Gasteiger partial charge in [-0.1, -0.05) is 25.5 Å². The van der Waals surface area contributed by atoms with Crippen molar-refractivity contribution in [2.24, 2.45) is 5.14 Å². The molecule has 21 heavy (non-hydrogen) atoms. The Labute approximate surface area is 124 Å². The van der Waals surface area contributed by atoms with Crippen molar-refractivity contribution in [2.75, 3.05) is 5.73 Å². The first-order valence-corrected chi connectivity index (χ1v) is 8.14. The van der Waals surface area contributed by atoms with Crippen LogP contribution in [-0.2, 0) is 16.4 Å². The molecule has 0 spiro atoms. The maximum absolute atomic E-state index is 11.3. The summed E-state index contributed by atoms with van der Waals surface area (Å²) in [7, 11) is -3.78. The Morgan fingerprint density at radius 3 is 2.33 bits per heavy atom. The summed E-state index contributed by atoms with van der Waals surface area (Å²) in [6.07, 6.45) is 2.08. The summed E-state index contributed by atoms with van der Waals surface area (Å²) in [4.78, 5) is -0.0331. The molecule has 0 aromatic heterocycles. The van der Waals surface area contributed by atoms with Crippen molar-refractivity contribution in [3.8, 4) is 11.5 Å². The summed E-state index contributed by atoms with van der Waals surface area (Å²) in [5, 5.41) is 5.10. The van der Waals surface area contributed by atoms with Crippen LogP contribution in [-0.4, -0.2) is 8.42 Å². The number of rotatable bonds is 5. The fourth-order valence-electron chi connectivity index (χ4n) is 1.92. The van der Waals surface area contributed by atoms with Crippen LogP contribution in [0.15, 0.2) is 47.4 Å². The third-order valence-corrected chi connectivity index (χ3v) is 3.91. The number of anilines is 1. The van der Waals surface area contributed by atoms with Crippen molar-refractivity contribution in [2.45, 2.75) is 24.7 Å². The van der Waals surface area contributed by atoms with E-state index in [0.29, 0.717) is 11.4 Å². The van der Waals surface area contributed by atoms with Gasteiger partial charge in [0, 0.05) is 6.07 Å². The van der Waals surface area contributed by atoms with Gasteiger partial charge in [0.2, 0.25) is 10.0 Å². The van der Waals surface area contributed by atoms with Crippen LogP contribution in [0, 0.1) is 0 Å². The van der Waals surface area contributed by atoms with E-state index in [1.807, 2.05) is 24.3 Å². The Kier molecular flexibility index (Phi) is 4.50. The van der Waals surface area contributed by atoms with Crippen molar-refractivity contribution >= 4 is 15.7 Å². The van der Waals surface area contributed by atoms with Crippen LogP contribution in [0.1, 0.15) is 18.9 Å². The van der Waals surface area contributed by atoms with E-state index >= 15 is 0 Å². The highest BCUT2D eigenvalue weighted by molar-refractivity contribution is 7.89. The van der Waals surface area contributed by atoms with Crippen molar-refractivity contribution in [3.05, 3.63) is 48.0 Å². The molecular formula is C15H18N2O3S. The number of nitrogen functional groups attached to an aromatic ring is 1. The molecule has 0 aliphatic heterocycles. The minimum Gasteiger partial charge on any atom is -0.455 e. The van der Waals surface area contributed by atoms with Gasteiger partial charge in [0.15, 0.2) is 5.75 Å². The Morgan fingerprint density at radius 2 is 1.76 bits per heavy atom. The number of sulfonamides is 1. The quantitative estimate of drug-likeness (QED) is 0.830. The Bertz CT molecular complexity index is 725. The minimum absolute atomic E-state index is 0.0331. The molecule has 112 valence electrons. The highest BCUT2D eigenvalue weighted by atomic mass is 32.2. The third kappa shape index (κ3) is 3.96. The second kappa shape index (κ2) is 6.15. The molecule has 6 heteroatoms. The number of nitrogens with two attached hydrogens (primary N) is 2. The van der Waals surface area contributed by atoms with Crippen molar-refractivity contribution in [3.63, 3.8) is 0 Å². The fourth-order valence-corrected chi connectivity index (χ4v) is 2.45. The molecule has 4 N–H and O–H groups in total. The molecule has 0 aliphatic carbocycles. The van der Waals surface area contributed by atoms with Crippen molar-refractivity contribution in [1.82, 2.24) is 0 Å². The highest BCUT2D eigenvalue weighted by Gasteiger charge is 2.11. The molecule has 0 aliphatic rings. The fraction of sp³-hybridized carbons (Fsp3) is 0.200. The van der Waals surface area contributed by atoms with Gasteiger partial charge < -0.3 is 10.5 Å². The van der Waals surface area contributed by atoms with Crippen molar-refractivity contribution < 1.29 is 13.2 Å². The number of primary sulfonamides is 1. The first-order valence-electron chi connectivity index (χ1n) is 6.59. The molecule has 5 nitrogen and oxygen atoms in total. The van der Waals surface area contributed by atoms with Gasteiger partial charge >= 0.3 is 0 Å². The highest BCUT2D eigenvalue weighted by Crippen LogP contribution is 2.29. The van der Waals surface area contributed by atoms with Crippen molar-refractivity contribution in [1.29, 1.82) is 0 Å². The van der Waals surface area contributed by atoms with Gasteiger partial charge in [-0.25, -0.2) is 13.6 Å². The van der Waals surface area contributed by atoms with E-state index in [-0.39, 0.29) is 10.6 Å². The van der Waals surface area contributed by atoms with E-state index in [2.05, 4.69) is 6.92 Å². The summed E-state index contributed by atoms with van der Waals surface area (Å²) < 4.78 is 28.3. The predicted octanol–water partition coefficient (Wildman–Crippen LogP) is 2.66. The molecule has 0 atom stereocenters. The average molecular weight is 306 g/mol. The zero-order valence-corrected chi connectivity index (χ0v) is 12.6. The van der Waals surface area contributed by atoms with Crippen LogP contribution >= 0.6 is 0 Å². The number of aryl methyl sites for hydroxylation is 1. The Hall–Kier alpha value is -2.05. The van der Waals surface area contributed by atoms with E-state index in [9.17, 15) is 8.42 Å². The molecule has 0 saturated carbocycles. The third-order valence-electron chi connectivity index (χ3n) is 3.00. The van der Waals surface area contributed by atoms with E-state index < -0.39 is 10.0 Å². The monoisotopic (exact) mass is 306 g/mol. The molecule has 2 rings (SSSR count). The van der Waals surface area contributed by atoms with Crippen LogP contribution < -0.4 is 15.6 Å². The van der Waals surface area contributed by atoms with E-state index in [1.165, 1.54) is 23.8 Å². The predicted molar refractivity (Wildman–Crippen MR) is 82.7 cm³/mol. The van der Waals surface area contributed by atoms with Crippen LogP contribution in [0.5, 0.6) is 11.5 Å². The van der Waals surface area contributed by atoms with Crippen LogP contribution in [0.3, 0.4) is 0 Å². The molecule has 2 aromatic carbocycles. The van der Waals surface area contributed by atoms with Crippen LogP contribution in [0.2, 0.25) is 0 Å². The summed E-state index contributed by atoms with van der Waals surface area (Å²) in [6, 6.07) is 11.7. The second-order valence-corrected chi connectivity index (χ2v) is 6.30.